The van der Waals surface area contributed by atoms with Gasteiger partial charge < -0.3 is 23.1 Å². The number of anilines is 6. The summed E-state index contributed by atoms with van der Waals surface area (Å²) in [6, 6.07) is 108. The summed E-state index contributed by atoms with van der Waals surface area (Å²) in [6.07, 6.45) is 0. The number of fused-ring (bicyclic) bond motifs is 14. The van der Waals surface area contributed by atoms with Crippen LogP contribution in [0, 0.1) is 0 Å². The van der Waals surface area contributed by atoms with Crippen molar-refractivity contribution in [2.75, 3.05) is 9.80 Å². The van der Waals surface area contributed by atoms with E-state index in [2.05, 4.69) is 301 Å². The van der Waals surface area contributed by atoms with E-state index < -0.39 is 0 Å². The minimum absolute atomic E-state index is 0.780. The summed E-state index contributed by atoms with van der Waals surface area (Å²) >= 11 is 0. The summed E-state index contributed by atoms with van der Waals surface area (Å²) in [4.78, 5) is 4.71. The number of hydrogen-bond donors (Lipinski definition) is 0. The summed E-state index contributed by atoms with van der Waals surface area (Å²) in [6.45, 7) is 0. The van der Waals surface area contributed by atoms with Crippen LogP contribution < -0.4 is 9.80 Å². The van der Waals surface area contributed by atoms with Crippen LogP contribution in [0.2, 0.25) is 0 Å². The van der Waals surface area contributed by atoms with Crippen molar-refractivity contribution in [2.24, 2.45) is 0 Å². The van der Waals surface area contributed by atoms with Crippen molar-refractivity contribution < 1.29 is 13.3 Å². The lowest BCUT2D eigenvalue weighted by Crippen LogP contribution is -2.11. The van der Waals surface area contributed by atoms with Gasteiger partial charge in [0, 0.05) is 60.8 Å². The first kappa shape index (κ1) is 48.3. The van der Waals surface area contributed by atoms with Crippen molar-refractivity contribution >= 4 is 121 Å². The Bertz CT molecular complexity index is 5320. The van der Waals surface area contributed by atoms with Gasteiger partial charge in [-0.25, -0.2) is 0 Å². The third-order valence-electron chi connectivity index (χ3n) is 17.0. The predicted molar refractivity (Wildman–Crippen MR) is 354 cm³/mol. The van der Waals surface area contributed by atoms with Gasteiger partial charge in [0.2, 0.25) is 0 Å². The van der Waals surface area contributed by atoms with E-state index in [0.29, 0.717) is 0 Å². The summed E-state index contributed by atoms with van der Waals surface area (Å²) in [5, 5.41) is 10.7. The molecule has 3 aromatic heterocycles. The van der Waals surface area contributed by atoms with Gasteiger partial charge in [0.05, 0.1) is 17.1 Å². The van der Waals surface area contributed by atoms with E-state index in [1.54, 1.807) is 0 Å². The van der Waals surface area contributed by atoms with Gasteiger partial charge in [0.25, 0.3) is 0 Å². The second-order valence-corrected chi connectivity index (χ2v) is 21.9. The molecule has 0 atom stereocenters. The van der Waals surface area contributed by atoms with Crippen LogP contribution in [0.25, 0.3) is 132 Å². The molecule has 398 valence electrons. The SMILES string of the molecule is c1ccc(-c2cc(-c3ccccc3)cc(N(c3ccc4c(c3)oc3c5ccc(N(c6cc(-c7ccccc7)cc(-c7ccccc7)c6)c6cccc7c6oc6ccccc67)cc5c5ccccc5c43)c3cccc4c3oc3ccccc34)c2)cc1. The van der Waals surface area contributed by atoms with Crippen LogP contribution in [-0.2, 0) is 0 Å². The maximum atomic E-state index is 7.37. The minimum Gasteiger partial charge on any atom is -0.455 e. The monoisotopic (exact) mass is 1090 g/mol. The zero-order chi connectivity index (χ0) is 56.0. The van der Waals surface area contributed by atoms with E-state index >= 15 is 0 Å². The van der Waals surface area contributed by atoms with Crippen LogP contribution in [0.4, 0.5) is 34.1 Å². The van der Waals surface area contributed by atoms with Crippen LogP contribution in [0.3, 0.4) is 0 Å². The maximum Gasteiger partial charge on any atom is 0.159 e. The third kappa shape index (κ3) is 8.08. The Labute approximate surface area is 489 Å². The number of para-hydroxylation sites is 4. The number of furan rings is 3. The first-order chi connectivity index (χ1) is 42.1. The molecule has 3 heterocycles. The average Bonchev–Trinajstić information content (AvgIpc) is 3.76. The molecule has 0 aliphatic heterocycles. The lowest BCUT2D eigenvalue weighted by molar-refractivity contribution is 0.668. The lowest BCUT2D eigenvalue weighted by Gasteiger charge is -2.27. The minimum atomic E-state index is 0.780. The van der Waals surface area contributed by atoms with Gasteiger partial charge >= 0.3 is 0 Å². The fourth-order valence-electron chi connectivity index (χ4n) is 13.1. The van der Waals surface area contributed by atoms with Crippen LogP contribution in [-0.4, -0.2) is 0 Å². The molecule has 0 fully saturated rings. The van der Waals surface area contributed by atoms with E-state index in [0.717, 1.165) is 166 Å². The number of nitrogens with zero attached hydrogens (tertiary/aromatic N) is 2. The molecule has 0 amide bonds. The van der Waals surface area contributed by atoms with Gasteiger partial charge in [0.15, 0.2) is 11.2 Å². The van der Waals surface area contributed by atoms with Gasteiger partial charge in [-0.2, -0.15) is 0 Å². The van der Waals surface area contributed by atoms with Crippen molar-refractivity contribution in [3.63, 3.8) is 0 Å². The number of benzene rings is 14. The molecule has 17 rings (SSSR count). The maximum absolute atomic E-state index is 7.37. The van der Waals surface area contributed by atoms with Crippen molar-refractivity contribution in [1.82, 2.24) is 0 Å². The Morgan fingerprint density at radius 1 is 0.188 bits per heavy atom. The van der Waals surface area contributed by atoms with E-state index in [1.807, 2.05) is 12.1 Å². The van der Waals surface area contributed by atoms with Crippen LogP contribution in [0.1, 0.15) is 0 Å². The Balaban J connectivity index is 0.893. The van der Waals surface area contributed by atoms with Crippen molar-refractivity contribution in [3.8, 4) is 44.5 Å². The standard InChI is InChI=1S/C80H50N2O3/c1-5-21-51(22-6-1)55-43-56(52-23-7-2-8-24-52)46-61(45-55)81(72-35-19-33-67-64-30-15-17-37-74(64)83-78(67)72)59-39-41-69-71(49-59)63-29-13-14-32-66(63)77-70-42-40-60(50-76(70)85-80(69)77)82(73-36-20-34-68-65-31-16-18-38-75(65)84-79(68)73)62-47-57(53-25-9-3-10-26-53)44-58(48-62)54-27-11-4-12-28-54/h1-50H. The van der Waals surface area contributed by atoms with Gasteiger partial charge in [-0.1, -0.05) is 206 Å². The second-order valence-electron chi connectivity index (χ2n) is 21.9. The zero-order valence-corrected chi connectivity index (χ0v) is 46.0. The topological polar surface area (TPSA) is 45.9 Å². The molecule has 0 saturated carbocycles. The number of rotatable bonds is 10. The molecule has 0 radical (unpaired) electrons. The highest BCUT2D eigenvalue weighted by Gasteiger charge is 2.26. The predicted octanol–water partition coefficient (Wildman–Crippen LogP) is 23.3. The molecule has 0 unspecified atom stereocenters. The Morgan fingerprint density at radius 2 is 0.553 bits per heavy atom. The van der Waals surface area contributed by atoms with Crippen molar-refractivity contribution in [3.05, 3.63) is 303 Å². The lowest BCUT2D eigenvalue weighted by atomic mass is 9.95. The molecule has 0 aliphatic rings. The highest BCUT2D eigenvalue weighted by molar-refractivity contribution is 6.31. The third-order valence-corrected chi connectivity index (χ3v) is 17.0. The van der Waals surface area contributed by atoms with E-state index in [9.17, 15) is 0 Å². The van der Waals surface area contributed by atoms with Gasteiger partial charge in [0.1, 0.15) is 22.3 Å². The largest absolute Gasteiger partial charge is 0.455 e. The molecule has 0 bridgehead atoms. The molecule has 14 aromatic carbocycles. The van der Waals surface area contributed by atoms with Crippen LogP contribution in [0.5, 0.6) is 0 Å². The highest BCUT2D eigenvalue weighted by atomic mass is 16.3. The fourth-order valence-corrected chi connectivity index (χ4v) is 13.1. The average molecular weight is 1090 g/mol. The molecule has 0 N–H and O–H groups in total. The van der Waals surface area contributed by atoms with E-state index in [4.69, 9.17) is 13.3 Å². The molecule has 0 spiro atoms. The summed E-state index contributed by atoms with van der Waals surface area (Å²) in [7, 11) is 0. The fraction of sp³-hybridized carbons (Fsp3) is 0. The van der Waals surface area contributed by atoms with E-state index in [-0.39, 0.29) is 0 Å². The first-order valence-electron chi connectivity index (χ1n) is 28.9. The Morgan fingerprint density at radius 3 is 1.02 bits per heavy atom. The highest BCUT2D eigenvalue weighted by Crippen LogP contribution is 2.50. The van der Waals surface area contributed by atoms with Gasteiger partial charge in [-0.3, -0.25) is 0 Å². The molecule has 5 heteroatoms. The van der Waals surface area contributed by atoms with Crippen LogP contribution >= 0.6 is 0 Å². The van der Waals surface area contributed by atoms with Gasteiger partial charge in [-0.15, -0.1) is 0 Å². The summed E-state index contributed by atoms with van der Waals surface area (Å²) in [5.74, 6) is 0. The molecule has 17 aromatic rings. The molecular weight excluding hydrogens is 1040 g/mol. The Kier molecular flexibility index (Phi) is 11.2. The quantitative estimate of drug-likeness (QED) is 0.128. The Hall–Kier alpha value is -11.4. The number of hydrogen-bond acceptors (Lipinski definition) is 5. The molecule has 5 nitrogen and oxygen atoms in total. The van der Waals surface area contributed by atoms with E-state index in [1.165, 1.54) is 0 Å². The van der Waals surface area contributed by atoms with Crippen molar-refractivity contribution in [1.29, 1.82) is 0 Å². The van der Waals surface area contributed by atoms with Gasteiger partial charge in [-0.05, 0) is 152 Å². The second kappa shape index (κ2) is 19.7. The normalized spacial score (nSPS) is 11.8. The molecule has 0 saturated heterocycles. The smallest absolute Gasteiger partial charge is 0.159 e. The molecular formula is C80H50N2O3. The van der Waals surface area contributed by atoms with Crippen LogP contribution in [0.15, 0.2) is 317 Å². The summed E-state index contributed by atoms with van der Waals surface area (Å²) in [5.41, 5.74) is 19.7. The zero-order valence-electron chi connectivity index (χ0n) is 46.0. The van der Waals surface area contributed by atoms with Crippen molar-refractivity contribution in [2.45, 2.75) is 0 Å². The molecule has 0 aliphatic carbocycles. The first-order valence-corrected chi connectivity index (χ1v) is 28.9. The molecule has 85 heavy (non-hydrogen) atoms. The summed E-state index contributed by atoms with van der Waals surface area (Å²) < 4.78 is 21.1.